The van der Waals surface area contributed by atoms with Crippen molar-refractivity contribution in [2.45, 2.75) is 0 Å². The fourth-order valence-electron chi connectivity index (χ4n) is 0.368. The maximum absolute atomic E-state index is 9.95. The van der Waals surface area contributed by atoms with Gasteiger partial charge in [0.25, 0.3) is 10.9 Å². The predicted molar refractivity (Wildman–Crippen MR) is 34.7 cm³/mol. The summed E-state index contributed by atoms with van der Waals surface area (Å²) in [5.41, 5.74) is -2.02. The Morgan fingerprint density at radius 1 is 0.800 bits per heavy atom. The van der Waals surface area contributed by atoms with Crippen molar-refractivity contribution in [1.82, 2.24) is 12.3 Å². The highest BCUT2D eigenvalue weighted by Crippen LogP contribution is 2.13. The van der Waals surface area contributed by atoms with Crippen molar-refractivity contribution in [3.05, 3.63) is 20.4 Å². The molecule has 0 saturated heterocycles. The average molecular weight is 148 g/mol. The monoisotopic (exact) mass is 148 g/mol. The molecule has 0 fully saturated rings. The van der Waals surface area contributed by atoms with Crippen LogP contribution in [0.3, 0.4) is 0 Å². The molecule has 8 N–H and O–H groups in total. The second-order valence-electron chi connectivity index (χ2n) is 1.36. The van der Waals surface area contributed by atoms with E-state index < -0.39 is 22.4 Å². The zero-order valence-electron chi connectivity index (χ0n) is 5.13. The van der Waals surface area contributed by atoms with Gasteiger partial charge in [-0.2, -0.15) is 0 Å². The zero-order valence-corrected chi connectivity index (χ0v) is 5.13. The van der Waals surface area contributed by atoms with Gasteiger partial charge in [0.2, 0.25) is 11.5 Å². The first kappa shape index (κ1) is 11.4. The number of aromatic hydroxyl groups is 2. The topological polar surface area (TPSA) is 145 Å². The fraction of sp³-hybridized carbons (Fsp3) is 0. The first-order valence-electron chi connectivity index (χ1n) is 1.86. The van der Waals surface area contributed by atoms with Gasteiger partial charge in [0.05, 0.1) is 0 Å². The Morgan fingerprint density at radius 3 is 1.10 bits per heavy atom. The smallest absolute Gasteiger partial charge is 0.275 e. The van der Waals surface area contributed by atoms with Crippen LogP contribution in [0.15, 0.2) is 9.59 Å². The quantitative estimate of drug-likeness (QED) is 0.348. The highest BCUT2D eigenvalue weighted by molar-refractivity contribution is 5.42. The third kappa shape index (κ3) is 0.971. The van der Waals surface area contributed by atoms with Gasteiger partial charge < -0.3 is 22.5 Å². The van der Waals surface area contributed by atoms with E-state index in [1.54, 1.807) is 0 Å². The summed E-state index contributed by atoms with van der Waals surface area (Å²) in [5, 5.41) is 16.4. The molecule has 6 nitrogen and oxygen atoms in total. The van der Waals surface area contributed by atoms with Crippen molar-refractivity contribution in [1.29, 1.82) is 0 Å². The van der Waals surface area contributed by atoms with Gasteiger partial charge in [-0.05, 0) is 0 Å². The molecule has 1 aromatic rings. The Bertz CT molecular complexity index is 255. The molecule has 0 amide bonds. The van der Waals surface area contributed by atoms with Gasteiger partial charge in [-0.1, -0.05) is 0 Å². The molecule has 0 radical (unpaired) electrons. The summed E-state index contributed by atoms with van der Waals surface area (Å²) in [4.78, 5) is 19.9. The molecule has 0 aliphatic carbocycles. The lowest BCUT2D eigenvalue weighted by atomic mass is 10.2. The van der Waals surface area contributed by atoms with Gasteiger partial charge in [-0.3, -0.25) is 9.59 Å². The third-order valence-electron chi connectivity index (χ3n) is 0.861. The summed E-state index contributed by atoms with van der Waals surface area (Å²) < 4.78 is 0. The molecular formula is C4H8N2O4. The Morgan fingerprint density at radius 2 is 1.00 bits per heavy atom. The minimum Gasteiger partial charge on any atom is -0.501 e. The van der Waals surface area contributed by atoms with Crippen LogP contribution in [0.2, 0.25) is 0 Å². The van der Waals surface area contributed by atoms with E-state index >= 15 is 0 Å². The van der Waals surface area contributed by atoms with Crippen LogP contribution in [0.1, 0.15) is 0 Å². The summed E-state index contributed by atoms with van der Waals surface area (Å²) >= 11 is 0. The van der Waals surface area contributed by atoms with Crippen molar-refractivity contribution >= 4 is 0 Å². The molecule has 10 heavy (non-hydrogen) atoms. The largest absolute Gasteiger partial charge is 0.501 e. The summed E-state index contributed by atoms with van der Waals surface area (Å²) in [7, 11) is 0. The summed E-state index contributed by atoms with van der Waals surface area (Å²) in [6, 6.07) is 0. The van der Waals surface area contributed by atoms with Crippen molar-refractivity contribution in [2.24, 2.45) is 0 Å². The summed E-state index contributed by atoms with van der Waals surface area (Å²) in [6.45, 7) is 0. The van der Waals surface area contributed by atoms with Crippen LogP contribution >= 0.6 is 0 Å². The summed E-state index contributed by atoms with van der Waals surface area (Å²) in [6.07, 6.45) is 0. The van der Waals surface area contributed by atoms with Gasteiger partial charge in [0, 0.05) is 0 Å². The van der Waals surface area contributed by atoms with Gasteiger partial charge in [-0.15, -0.1) is 0 Å². The minimum atomic E-state index is -1.01. The van der Waals surface area contributed by atoms with E-state index in [0.717, 1.165) is 0 Å². The van der Waals surface area contributed by atoms with Crippen LogP contribution in [0.4, 0.5) is 0 Å². The molecule has 0 saturated carbocycles. The molecule has 0 aliphatic rings. The second kappa shape index (κ2) is 2.95. The molecule has 0 aliphatic heterocycles. The first-order chi connectivity index (χ1) is 3.64. The molecule has 1 rings (SSSR count). The van der Waals surface area contributed by atoms with Crippen LogP contribution in [0.25, 0.3) is 0 Å². The first-order valence-corrected chi connectivity index (χ1v) is 1.86. The van der Waals surface area contributed by atoms with Crippen LogP contribution in [-0.2, 0) is 0 Å². The molecule has 0 unspecified atom stereocenters. The number of hydrogen-bond acceptors (Lipinski definition) is 6. The van der Waals surface area contributed by atoms with E-state index in [4.69, 9.17) is 10.2 Å². The number of rotatable bonds is 0. The maximum Gasteiger partial charge on any atom is 0.275 e. The molecule has 58 valence electrons. The van der Waals surface area contributed by atoms with Crippen LogP contribution in [0.5, 0.6) is 11.5 Å². The third-order valence-corrected chi connectivity index (χ3v) is 0.861. The van der Waals surface area contributed by atoms with Gasteiger partial charge in [0.15, 0.2) is 0 Å². The Kier molecular flexibility index (Phi) is 3.36. The Hall–Kier alpha value is -1.40. The molecule has 0 aromatic heterocycles. The molecular weight excluding hydrogens is 140 g/mol. The van der Waals surface area contributed by atoms with Crippen LogP contribution < -0.4 is 23.2 Å². The molecule has 1 aromatic carbocycles. The highest BCUT2D eigenvalue weighted by Gasteiger charge is 2.17. The van der Waals surface area contributed by atoms with Gasteiger partial charge in [0.1, 0.15) is 0 Å². The predicted octanol–water partition coefficient (Wildman–Crippen LogP) is -0.982. The minimum absolute atomic E-state index is 0. The molecule has 0 spiro atoms. The maximum atomic E-state index is 9.95. The van der Waals surface area contributed by atoms with Gasteiger partial charge >= 0.3 is 0 Å². The highest BCUT2D eigenvalue weighted by atomic mass is 16.3. The van der Waals surface area contributed by atoms with Crippen molar-refractivity contribution in [2.75, 3.05) is 0 Å². The molecule has 6 heteroatoms. The second-order valence-corrected chi connectivity index (χ2v) is 1.36. The zero-order chi connectivity index (χ0) is 6.31. The SMILES string of the molecule is N.N.O=c1c(O)c(O)c1=O. The van der Waals surface area contributed by atoms with Crippen molar-refractivity contribution < 1.29 is 10.2 Å². The van der Waals surface area contributed by atoms with E-state index in [9.17, 15) is 9.59 Å². The van der Waals surface area contributed by atoms with Crippen molar-refractivity contribution in [3.8, 4) is 11.5 Å². The van der Waals surface area contributed by atoms with Crippen LogP contribution in [-0.4, -0.2) is 10.2 Å². The fourth-order valence-corrected chi connectivity index (χ4v) is 0.368. The lowest BCUT2D eigenvalue weighted by Crippen LogP contribution is -2.28. The standard InChI is InChI=1S/C4H2O4.2H3N/c5-1-2(6)4(8)3(1)7;;/h5-6H;2*1H3. The normalized spacial score (nSPS) is 8.00. The average Bonchev–Trinajstić information content (AvgIpc) is 1.83. The summed E-state index contributed by atoms with van der Waals surface area (Å²) in [5.74, 6) is -1.65. The molecule has 0 heterocycles. The van der Waals surface area contributed by atoms with Gasteiger partial charge in [-0.25, -0.2) is 0 Å². The lowest BCUT2D eigenvalue weighted by Gasteiger charge is -1.92. The number of hydrogen-bond donors (Lipinski definition) is 4. The Balaban J connectivity index is 0. The molecule has 0 bridgehead atoms. The van der Waals surface area contributed by atoms with E-state index in [-0.39, 0.29) is 12.3 Å². The van der Waals surface area contributed by atoms with E-state index in [0.29, 0.717) is 0 Å². The lowest BCUT2D eigenvalue weighted by molar-refractivity contribution is 0.384. The Labute approximate surface area is 55.6 Å². The van der Waals surface area contributed by atoms with E-state index in [2.05, 4.69) is 0 Å². The van der Waals surface area contributed by atoms with Crippen molar-refractivity contribution in [3.63, 3.8) is 0 Å². The molecule has 0 atom stereocenters. The van der Waals surface area contributed by atoms with E-state index in [1.165, 1.54) is 0 Å². The van der Waals surface area contributed by atoms with Crippen LogP contribution in [0, 0.1) is 0 Å². The van der Waals surface area contributed by atoms with E-state index in [1.807, 2.05) is 0 Å².